The van der Waals surface area contributed by atoms with Gasteiger partial charge in [-0.25, -0.2) is 0 Å². The minimum Gasteiger partial charge on any atom is -0.152 e. The number of allylic oxidation sites excluding steroid dienone is 1. The molecule has 0 nitrogen and oxygen atoms in total. The normalized spacial score (nSPS) is 12.5. The molecule has 0 aliphatic heterocycles. The van der Waals surface area contributed by atoms with Crippen molar-refractivity contribution in [3.8, 4) is 55.6 Å². The molecule has 9 aromatic rings. The molecule has 0 spiro atoms. The minimum absolute atomic E-state index is 0.967. The second-order valence-corrected chi connectivity index (χ2v) is 14.9. The Kier molecular flexibility index (Phi) is 7.67. The Balaban J connectivity index is 1.13. The molecule has 0 atom stereocenters. The molecule has 1 heterocycles. The van der Waals surface area contributed by atoms with Crippen LogP contribution in [0.3, 0.4) is 0 Å². The Morgan fingerprint density at radius 1 is 0.442 bits per heavy atom. The summed E-state index contributed by atoms with van der Waals surface area (Å²) in [5.41, 5.74) is 15.3. The fraction of sp³-hybridized carbons (Fsp3) is 0.0400. The van der Waals surface area contributed by atoms with E-state index in [2.05, 4.69) is 175 Å². The van der Waals surface area contributed by atoms with Gasteiger partial charge in [-0.3, -0.25) is 0 Å². The maximum Gasteiger partial charge on any atom is 0.0125 e. The highest BCUT2D eigenvalue weighted by Gasteiger charge is 2.22. The fourth-order valence-corrected chi connectivity index (χ4v) is 9.55. The fourth-order valence-electron chi connectivity index (χ4n) is 8.56. The van der Waals surface area contributed by atoms with Gasteiger partial charge in [0, 0.05) is 4.90 Å². The van der Waals surface area contributed by atoms with E-state index < -0.39 is 0 Å². The van der Waals surface area contributed by atoms with Gasteiger partial charge in [0.05, 0.1) is 0 Å². The number of thiophene rings is 1. The Hall–Kier alpha value is -5.67. The van der Waals surface area contributed by atoms with Crippen LogP contribution in [0.5, 0.6) is 0 Å². The van der Waals surface area contributed by atoms with Gasteiger partial charge in [0.1, 0.15) is 0 Å². The second-order valence-electron chi connectivity index (χ2n) is 13.7. The van der Waals surface area contributed by atoms with Crippen LogP contribution in [-0.4, -0.2) is 0 Å². The van der Waals surface area contributed by atoms with Gasteiger partial charge in [-0.1, -0.05) is 146 Å². The first-order chi connectivity index (χ1) is 25.7. The van der Waals surface area contributed by atoms with Crippen molar-refractivity contribution in [2.24, 2.45) is 0 Å². The second kappa shape index (κ2) is 12.8. The summed E-state index contributed by atoms with van der Waals surface area (Å²) in [6, 6.07) is 55.6. The lowest BCUT2D eigenvalue weighted by atomic mass is 9.80. The summed E-state index contributed by atoms with van der Waals surface area (Å²) in [6.07, 6.45) is 6.81. The number of fused-ring (bicyclic) bond motifs is 4. The molecule has 0 saturated heterocycles. The van der Waals surface area contributed by atoms with Crippen molar-refractivity contribution in [3.05, 3.63) is 180 Å². The van der Waals surface area contributed by atoms with E-state index in [1.807, 2.05) is 0 Å². The quantitative estimate of drug-likeness (QED) is 0.134. The van der Waals surface area contributed by atoms with Crippen LogP contribution >= 0.6 is 24.0 Å². The van der Waals surface area contributed by atoms with Crippen LogP contribution in [0.25, 0.3) is 94.0 Å². The summed E-state index contributed by atoms with van der Waals surface area (Å²) in [7, 11) is 0. The molecule has 0 bridgehead atoms. The molecule has 8 aromatic carbocycles. The van der Waals surface area contributed by atoms with Gasteiger partial charge in [-0.2, -0.15) is 11.3 Å². The number of hydrogen-bond acceptors (Lipinski definition) is 2. The smallest absolute Gasteiger partial charge is 0.0125 e. The van der Waals surface area contributed by atoms with E-state index in [4.69, 9.17) is 12.6 Å². The van der Waals surface area contributed by atoms with E-state index in [9.17, 15) is 0 Å². The monoisotopic (exact) mass is 698 g/mol. The predicted octanol–water partition coefficient (Wildman–Crippen LogP) is 14.8. The molecule has 0 unspecified atom stereocenters. The zero-order chi connectivity index (χ0) is 34.6. The molecule has 1 aliphatic rings. The lowest BCUT2D eigenvalue weighted by molar-refractivity contribution is 0.992. The van der Waals surface area contributed by atoms with E-state index in [0.29, 0.717) is 0 Å². The summed E-state index contributed by atoms with van der Waals surface area (Å²) in [6.45, 7) is 0. The van der Waals surface area contributed by atoms with Crippen molar-refractivity contribution in [2.75, 3.05) is 0 Å². The molecule has 246 valence electrons. The van der Waals surface area contributed by atoms with Crippen LogP contribution in [0.2, 0.25) is 0 Å². The van der Waals surface area contributed by atoms with Crippen LogP contribution in [0.15, 0.2) is 173 Å². The molecule has 0 fully saturated rings. The molecule has 1 aromatic heterocycles. The zero-order valence-electron chi connectivity index (χ0n) is 28.5. The first kappa shape index (κ1) is 31.1. The molecule has 52 heavy (non-hydrogen) atoms. The van der Waals surface area contributed by atoms with Gasteiger partial charge < -0.3 is 0 Å². The molecule has 0 saturated carbocycles. The minimum atomic E-state index is 0.967. The lowest BCUT2D eigenvalue weighted by Gasteiger charge is -2.23. The number of hydrogen-bond donors (Lipinski definition) is 1. The van der Waals surface area contributed by atoms with Gasteiger partial charge in [0.2, 0.25) is 0 Å². The summed E-state index contributed by atoms with van der Waals surface area (Å²) >= 11 is 6.96. The standard InChI is InChI=1S/C50H34S2/c51-46-30-35(49-40-19-6-4-17-38(40)47(32-13-2-1-3-14-32)39-18-5-7-20-41(39)49)25-26-37(46)33-15-12-16-34(29-33)48-42-21-8-10-23-44(42)50(36-27-28-52-31-36)45-24-11-9-22-43(45)48/h1-10,12-23,25-31,51H,11,24H2. The van der Waals surface area contributed by atoms with E-state index in [1.165, 1.54) is 93.5 Å². The third-order valence-corrected chi connectivity index (χ3v) is 11.8. The Morgan fingerprint density at radius 2 is 1.00 bits per heavy atom. The molecular formula is C50H34S2. The highest BCUT2D eigenvalue weighted by molar-refractivity contribution is 7.80. The van der Waals surface area contributed by atoms with Crippen LogP contribution in [0.4, 0.5) is 0 Å². The van der Waals surface area contributed by atoms with Gasteiger partial charge >= 0.3 is 0 Å². The third-order valence-electron chi connectivity index (χ3n) is 10.8. The first-order valence-corrected chi connectivity index (χ1v) is 19.3. The van der Waals surface area contributed by atoms with Crippen LogP contribution < -0.4 is 0 Å². The van der Waals surface area contributed by atoms with Crippen molar-refractivity contribution >= 4 is 62.4 Å². The topological polar surface area (TPSA) is 0 Å². The lowest BCUT2D eigenvalue weighted by Crippen LogP contribution is -2.02. The van der Waals surface area contributed by atoms with E-state index in [1.54, 1.807) is 11.3 Å². The van der Waals surface area contributed by atoms with Gasteiger partial charge in [-0.05, 0) is 141 Å². The number of rotatable bonds is 5. The summed E-state index contributed by atoms with van der Waals surface area (Å²) in [5, 5.41) is 12.1. The van der Waals surface area contributed by atoms with Gasteiger partial charge in [0.15, 0.2) is 0 Å². The molecular weight excluding hydrogens is 665 g/mol. The molecule has 0 N–H and O–H groups in total. The highest BCUT2D eigenvalue weighted by atomic mass is 32.1. The largest absolute Gasteiger partial charge is 0.152 e. The molecule has 0 radical (unpaired) electrons. The average molecular weight is 699 g/mol. The summed E-state index contributed by atoms with van der Waals surface area (Å²) < 4.78 is 0. The molecule has 2 heteroatoms. The van der Waals surface area contributed by atoms with Gasteiger partial charge in [-0.15, -0.1) is 12.6 Å². The average Bonchev–Trinajstić information content (AvgIpc) is 3.74. The zero-order valence-corrected chi connectivity index (χ0v) is 30.2. The predicted molar refractivity (Wildman–Crippen MR) is 229 cm³/mol. The maximum atomic E-state index is 5.19. The van der Waals surface area contributed by atoms with E-state index >= 15 is 0 Å². The van der Waals surface area contributed by atoms with Crippen molar-refractivity contribution in [2.45, 2.75) is 17.7 Å². The van der Waals surface area contributed by atoms with E-state index in [-0.39, 0.29) is 0 Å². The Morgan fingerprint density at radius 3 is 1.63 bits per heavy atom. The van der Waals surface area contributed by atoms with Crippen LogP contribution in [0.1, 0.15) is 17.5 Å². The highest BCUT2D eigenvalue weighted by Crippen LogP contribution is 2.47. The maximum absolute atomic E-state index is 5.19. The first-order valence-electron chi connectivity index (χ1n) is 17.9. The van der Waals surface area contributed by atoms with Crippen LogP contribution in [0, 0.1) is 0 Å². The van der Waals surface area contributed by atoms with Crippen molar-refractivity contribution < 1.29 is 0 Å². The van der Waals surface area contributed by atoms with Crippen LogP contribution in [-0.2, 0) is 6.42 Å². The summed E-state index contributed by atoms with van der Waals surface area (Å²) in [5.74, 6) is 0. The SMILES string of the molecule is Sc1cc(-c2c3ccccc3c(-c3ccccc3)c3ccccc23)ccc1-c1cccc(-c2c3c(c(-c4ccsc4)c4ccccc24)CCC=C3)c1. The number of benzene rings is 8. The van der Waals surface area contributed by atoms with Gasteiger partial charge in [0.25, 0.3) is 0 Å². The Bertz CT molecular complexity index is 2780. The molecule has 10 rings (SSSR count). The molecule has 0 amide bonds. The van der Waals surface area contributed by atoms with E-state index in [0.717, 1.165) is 23.3 Å². The summed E-state index contributed by atoms with van der Waals surface area (Å²) in [4.78, 5) is 0.967. The van der Waals surface area contributed by atoms with Crippen molar-refractivity contribution in [1.82, 2.24) is 0 Å². The third kappa shape index (κ3) is 5.05. The van der Waals surface area contributed by atoms with Crippen molar-refractivity contribution in [1.29, 1.82) is 0 Å². The Labute approximate surface area is 313 Å². The number of thiol groups is 1. The molecule has 1 aliphatic carbocycles. The van der Waals surface area contributed by atoms with Crippen molar-refractivity contribution in [3.63, 3.8) is 0 Å².